The van der Waals surface area contributed by atoms with E-state index in [0.29, 0.717) is 16.1 Å². The molecule has 3 aromatic rings. The van der Waals surface area contributed by atoms with Gasteiger partial charge in [0.25, 0.3) is 5.91 Å². The van der Waals surface area contributed by atoms with Crippen molar-refractivity contribution in [3.8, 4) is 0 Å². The maximum atomic E-state index is 14.4. The molecule has 6 nitrogen and oxygen atoms in total. The largest absolute Gasteiger partial charge is 0.468 e. The van der Waals surface area contributed by atoms with Gasteiger partial charge in [-0.1, -0.05) is 33.6 Å². The van der Waals surface area contributed by atoms with Gasteiger partial charge in [-0.3, -0.25) is 14.5 Å². The molecular formula is C23H18BrClFN3O3S. The number of nitrogens with zero attached hydrogens (tertiary/aromatic N) is 3. The van der Waals surface area contributed by atoms with Crippen molar-refractivity contribution in [3.05, 3.63) is 74.7 Å². The first-order valence-corrected chi connectivity index (χ1v) is 11.4. The van der Waals surface area contributed by atoms with Gasteiger partial charge in [0.15, 0.2) is 5.11 Å². The Morgan fingerprint density at radius 1 is 1.30 bits per heavy atom. The van der Waals surface area contributed by atoms with E-state index < -0.39 is 11.8 Å². The molecule has 0 saturated carbocycles. The summed E-state index contributed by atoms with van der Waals surface area (Å²) in [4.78, 5) is 27.5. The van der Waals surface area contributed by atoms with Gasteiger partial charge in [0, 0.05) is 44.8 Å². The van der Waals surface area contributed by atoms with Crippen molar-refractivity contribution in [2.45, 2.75) is 6.54 Å². The summed E-state index contributed by atoms with van der Waals surface area (Å²) in [7, 11) is 2.82. The molecule has 10 heteroatoms. The summed E-state index contributed by atoms with van der Waals surface area (Å²) in [5.41, 5.74) is 2.14. The average molecular weight is 551 g/mol. The second-order valence-electron chi connectivity index (χ2n) is 7.41. The molecule has 1 saturated heterocycles. The fraction of sp³-hybridized carbons (Fsp3) is 0.174. The number of fused-ring (bicyclic) bond motifs is 1. The van der Waals surface area contributed by atoms with Crippen LogP contribution in [0, 0.1) is 5.82 Å². The lowest BCUT2D eigenvalue weighted by Crippen LogP contribution is -2.33. The number of aromatic nitrogens is 1. The van der Waals surface area contributed by atoms with E-state index in [2.05, 4.69) is 15.9 Å². The van der Waals surface area contributed by atoms with Crippen LogP contribution in [-0.4, -0.2) is 52.1 Å². The fourth-order valence-electron chi connectivity index (χ4n) is 3.69. The van der Waals surface area contributed by atoms with Gasteiger partial charge >= 0.3 is 5.97 Å². The number of hydrogen-bond acceptors (Lipinski definition) is 4. The molecule has 0 aliphatic carbocycles. The maximum absolute atomic E-state index is 14.4. The van der Waals surface area contributed by atoms with Gasteiger partial charge in [0.1, 0.15) is 18.1 Å². The predicted molar refractivity (Wildman–Crippen MR) is 132 cm³/mol. The predicted octanol–water partition coefficient (Wildman–Crippen LogP) is 4.82. The number of benzene rings is 2. The van der Waals surface area contributed by atoms with Crippen molar-refractivity contribution in [1.82, 2.24) is 14.4 Å². The zero-order chi connectivity index (χ0) is 23.9. The quantitative estimate of drug-likeness (QED) is 0.259. The van der Waals surface area contributed by atoms with Crippen LogP contribution >= 0.6 is 39.7 Å². The van der Waals surface area contributed by atoms with Crippen LogP contribution in [0.5, 0.6) is 0 Å². The van der Waals surface area contributed by atoms with Gasteiger partial charge in [0.05, 0.1) is 13.7 Å². The van der Waals surface area contributed by atoms with Crippen molar-refractivity contribution in [3.63, 3.8) is 0 Å². The van der Waals surface area contributed by atoms with E-state index in [4.69, 9.17) is 28.6 Å². The Labute approximate surface area is 208 Å². The monoisotopic (exact) mass is 549 g/mol. The van der Waals surface area contributed by atoms with Crippen LogP contribution in [-0.2, 0) is 20.9 Å². The number of carbonyl (C=O) groups excluding carboxylic acids is 2. The van der Waals surface area contributed by atoms with Crippen molar-refractivity contribution >= 4 is 73.7 Å². The fourth-order valence-corrected chi connectivity index (χ4v) is 4.52. The molecule has 2 aromatic carbocycles. The highest BCUT2D eigenvalue weighted by atomic mass is 79.9. The summed E-state index contributed by atoms with van der Waals surface area (Å²) in [5, 5.41) is 1.37. The molecule has 1 fully saturated rings. The Kier molecular flexibility index (Phi) is 6.56. The first-order chi connectivity index (χ1) is 15.7. The van der Waals surface area contributed by atoms with E-state index in [-0.39, 0.29) is 29.8 Å². The van der Waals surface area contributed by atoms with E-state index in [1.54, 1.807) is 25.3 Å². The van der Waals surface area contributed by atoms with E-state index in [1.807, 2.05) is 29.0 Å². The number of hydrogen-bond donors (Lipinski definition) is 0. The lowest BCUT2D eigenvalue weighted by molar-refractivity contribution is -0.140. The summed E-state index contributed by atoms with van der Waals surface area (Å²) in [6.07, 6.45) is 3.49. The minimum absolute atomic E-state index is 0.190. The van der Waals surface area contributed by atoms with Gasteiger partial charge < -0.3 is 14.2 Å². The zero-order valence-electron chi connectivity index (χ0n) is 17.6. The third kappa shape index (κ3) is 4.40. The van der Waals surface area contributed by atoms with E-state index in [1.165, 1.54) is 23.0 Å². The van der Waals surface area contributed by atoms with Crippen LogP contribution in [0.4, 0.5) is 4.39 Å². The molecule has 0 unspecified atom stereocenters. The van der Waals surface area contributed by atoms with Gasteiger partial charge in [0.2, 0.25) is 0 Å². The summed E-state index contributed by atoms with van der Waals surface area (Å²) in [6.45, 7) is 0.00929. The zero-order valence-corrected chi connectivity index (χ0v) is 20.8. The van der Waals surface area contributed by atoms with Crippen LogP contribution < -0.4 is 0 Å². The van der Waals surface area contributed by atoms with Crippen molar-refractivity contribution < 1.29 is 18.7 Å². The number of likely N-dealkylation sites (N-methyl/N-ethyl adjacent to an activating group) is 1. The molecule has 1 amide bonds. The Bertz CT molecular complexity index is 1320. The highest BCUT2D eigenvalue weighted by Crippen LogP contribution is 2.31. The van der Waals surface area contributed by atoms with Gasteiger partial charge in [-0.2, -0.15) is 0 Å². The molecule has 4 rings (SSSR count). The second kappa shape index (κ2) is 9.24. The maximum Gasteiger partial charge on any atom is 0.325 e. The number of rotatable bonds is 5. The molecule has 0 bridgehead atoms. The highest BCUT2D eigenvalue weighted by molar-refractivity contribution is 9.10. The topological polar surface area (TPSA) is 54.8 Å². The average Bonchev–Trinajstić information content (AvgIpc) is 3.21. The number of methoxy groups -OCH3 is 1. The first-order valence-electron chi connectivity index (χ1n) is 9.80. The minimum atomic E-state index is -0.522. The van der Waals surface area contributed by atoms with E-state index >= 15 is 0 Å². The molecular weight excluding hydrogens is 533 g/mol. The second-order valence-corrected chi connectivity index (χ2v) is 9.10. The van der Waals surface area contributed by atoms with Crippen LogP contribution in [0.1, 0.15) is 11.1 Å². The van der Waals surface area contributed by atoms with Crippen molar-refractivity contribution in [2.24, 2.45) is 0 Å². The number of thiocarbonyl (C=S) groups is 1. The number of carbonyl (C=O) groups is 2. The molecule has 0 N–H and O–H groups in total. The van der Waals surface area contributed by atoms with E-state index in [9.17, 15) is 14.0 Å². The molecule has 0 spiro atoms. The van der Waals surface area contributed by atoms with Gasteiger partial charge in [-0.15, -0.1) is 0 Å². The molecule has 1 aliphatic heterocycles. The number of halogens is 3. The number of amides is 1. The van der Waals surface area contributed by atoms with Gasteiger partial charge in [-0.05, 0) is 48.6 Å². The summed E-state index contributed by atoms with van der Waals surface area (Å²) < 4.78 is 21.9. The lowest BCUT2D eigenvalue weighted by Gasteiger charge is -2.16. The van der Waals surface area contributed by atoms with E-state index in [0.717, 1.165) is 15.4 Å². The molecule has 1 aromatic heterocycles. The van der Waals surface area contributed by atoms with Gasteiger partial charge in [-0.25, -0.2) is 4.39 Å². The molecule has 170 valence electrons. The van der Waals surface area contributed by atoms with Crippen molar-refractivity contribution in [1.29, 1.82) is 0 Å². The smallest absolute Gasteiger partial charge is 0.325 e. The summed E-state index contributed by atoms with van der Waals surface area (Å²) in [6, 6.07) is 10.3. The van der Waals surface area contributed by atoms with Crippen LogP contribution in [0.3, 0.4) is 0 Å². The Balaban J connectivity index is 1.84. The Morgan fingerprint density at radius 2 is 2.06 bits per heavy atom. The number of esters is 1. The Hall–Kier alpha value is -2.75. The van der Waals surface area contributed by atoms with Crippen molar-refractivity contribution in [2.75, 3.05) is 20.7 Å². The third-order valence-corrected chi connectivity index (χ3v) is 6.75. The number of ether oxygens (including phenoxy) is 1. The third-order valence-electron chi connectivity index (χ3n) is 5.40. The molecule has 33 heavy (non-hydrogen) atoms. The Morgan fingerprint density at radius 3 is 2.76 bits per heavy atom. The molecule has 0 atom stereocenters. The minimum Gasteiger partial charge on any atom is -0.468 e. The summed E-state index contributed by atoms with van der Waals surface area (Å²) in [5.74, 6) is -1.26. The van der Waals surface area contributed by atoms with Crippen LogP contribution in [0.2, 0.25) is 5.02 Å². The first kappa shape index (κ1) is 23.4. The standard InChI is InChI=1S/C23H18BrClFN3O3S/c1-27-22(31)20(29(23(27)33)12-21(30)32-2)8-13-10-28(19-7-6-14(24)9-15(13)19)11-16-17(25)4-3-5-18(16)26/h3-10H,11-12H2,1-2H3/b20-8-. The highest BCUT2D eigenvalue weighted by Gasteiger charge is 2.37. The summed E-state index contributed by atoms with van der Waals surface area (Å²) >= 11 is 15.1. The lowest BCUT2D eigenvalue weighted by atomic mass is 10.1. The molecule has 0 radical (unpaired) electrons. The van der Waals surface area contributed by atoms with Crippen LogP contribution in [0.25, 0.3) is 17.0 Å². The molecule has 2 heterocycles. The SMILES string of the molecule is COC(=O)CN1C(=S)N(C)C(=O)/C1=C/c1cn(Cc2c(F)cccc2Cl)c2ccc(Br)cc12. The normalized spacial score (nSPS) is 15.2. The molecule has 1 aliphatic rings. The van der Waals surface area contributed by atoms with Crippen LogP contribution in [0.15, 0.2) is 52.8 Å².